The maximum Gasteiger partial charge on any atom is 0.0405 e. The molecule has 2 N–H and O–H groups in total. The summed E-state index contributed by atoms with van der Waals surface area (Å²) in [6, 6.07) is 6.58. The van der Waals surface area contributed by atoms with E-state index in [-0.39, 0.29) is 0 Å². The molecule has 16 heavy (non-hydrogen) atoms. The number of anilines is 1. The lowest BCUT2D eigenvalue weighted by molar-refractivity contribution is 0.365. The number of benzene rings is 1. The largest absolute Gasteiger partial charge is 0.384 e. The summed E-state index contributed by atoms with van der Waals surface area (Å²) < 4.78 is 0. The van der Waals surface area contributed by atoms with Crippen LogP contribution in [-0.4, -0.2) is 19.6 Å². The summed E-state index contributed by atoms with van der Waals surface area (Å²) in [4.78, 5) is 0. The van der Waals surface area contributed by atoms with Crippen molar-refractivity contribution in [3.63, 3.8) is 0 Å². The highest BCUT2D eigenvalue weighted by Gasteiger charge is 2.17. The van der Waals surface area contributed by atoms with Crippen LogP contribution in [-0.2, 0) is 0 Å². The third-order valence-corrected chi connectivity index (χ3v) is 3.36. The second-order valence-corrected chi connectivity index (χ2v) is 5.10. The number of aryl methyl sites for hydroxylation is 1. The molecule has 1 aliphatic rings. The van der Waals surface area contributed by atoms with Gasteiger partial charge in [-0.3, -0.25) is 0 Å². The van der Waals surface area contributed by atoms with Crippen LogP contribution in [0.3, 0.4) is 0 Å². The first-order valence-corrected chi connectivity index (χ1v) is 6.22. The van der Waals surface area contributed by atoms with Gasteiger partial charge in [0, 0.05) is 31.2 Å². The zero-order valence-electron chi connectivity index (χ0n) is 10.5. The molecule has 1 aromatic rings. The van der Waals surface area contributed by atoms with Crippen molar-refractivity contribution in [2.75, 3.05) is 25.0 Å². The van der Waals surface area contributed by atoms with E-state index < -0.39 is 0 Å². The summed E-state index contributed by atoms with van der Waals surface area (Å²) in [5.41, 5.74) is 4.15. The number of hydrogen-bond donors (Lipinski definition) is 2. The van der Waals surface area contributed by atoms with Crippen LogP contribution in [0.2, 0.25) is 0 Å². The Balaban J connectivity index is 2.10. The predicted molar refractivity (Wildman–Crippen MR) is 70.1 cm³/mol. The standard InChI is InChI=1S/C14H22N2/c1-10(2)13-6-4-5-11(3)14(13)16-9-12-7-15-8-12/h4-6,10,12,15-16H,7-9H2,1-3H3. The topological polar surface area (TPSA) is 24.1 Å². The fraction of sp³-hybridized carbons (Fsp3) is 0.571. The van der Waals surface area contributed by atoms with E-state index in [0.29, 0.717) is 5.92 Å². The van der Waals surface area contributed by atoms with Crippen LogP contribution in [0.25, 0.3) is 0 Å². The summed E-state index contributed by atoms with van der Waals surface area (Å²) in [6.07, 6.45) is 0. The number of rotatable bonds is 4. The predicted octanol–water partition coefficient (Wildman–Crippen LogP) is 2.75. The van der Waals surface area contributed by atoms with Crippen molar-refractivity contribution in [1.29, 1.82) is 0 Å². The van der Waals surface area contributed by atoms with Crippen molar-refractivity contribution in [3.8, 4) is 0 Å². The summed E-state index contributed by atoms with van der Waals surface area (Å²) in [5.74, 6) is 1.39. The van der Waals surface area contributed by atoms with E-state index in [1.807, 2.05) is 0 Å². The molecule has 0 saturated carbocycles. The van der Waals surface area contributed by atoms with Gasteiger partial charge >= 0.3 is 0 Å². The zero-order chi connectivity index (χ0) is 11.5. The lowest BCUT2D eigenvalue weighted by Gasteiger charge is -2.28. The van der Waals surface area contributed by atoms with E-state index in [0.717, 1.165) is 25.6 Å². The lowest BCUT2D eigenvalue weighted by Crippen LogP contribution is -2.45. The minimum Gasteiger partial charge on any atom is -0.384 e. The normalized spacial score (nSPS) is 16.2. The van der Waals surface area contributed by atoms with Gasteiger partial charge in [0.25, 0.3) is 0 Å². The molecule has 0 radical (unpaired) electrons. The minimum absolute atomic E-state index is 0.585. The molecule has 0 atom stereocenters. The molecular formula is C14H22N2. The number of hydrogen-bond acceptors (Lipinski definition) is 2. The Kier molecular flexibility index (Phi) is 3.49. The van der Waals surface area contributed by atoms with Crippen LogP contribution in [0.15, 0.2) is 18.2 Å². The highest BCUT2D eigenvalue weighted by molar-refractivity contribution is 5.58. The Morgan fingerprint density at radius 3 is 2.69 bits per heavy atom. The molecule has 1 aromatic carbocycles. The highest BCUT2D eigenvalue weighted by atomic mass is 15.0. The van der Waals surface area contributed by atoms with Crippen LogP contribution in [0, 0.1) is 12.8 Å². The van der Waals surface area contributed by atoms with E-state index in [1.54, 1.807) is 0 Å². The molecule has 0 aromatic heterocycles. The van der Waals surface area contributed by atoms with Gasteiger partial charge in [-0.1, -0.05) is 32.0 Å². The molecule has 88 valence electrons. The van der Waals surface area contributed by atoms with Crippen molar-refractivity contribution in [3.05, 3.63) is 29.3 Å². The summed E-state index contributed by atoms with van der Waals surface area (Å²) in [5, 5.41) is 6.93. The summed E-state index contributed by atoms with van der Waals surface area (Å²) >= 11 is 0. The molecule has 2 rings (SSSR count). The van der Waals surface area contributed by atoms with Gasteiger partial charge in [-0.25, -0.2) is 0 Å². The van der Waals surface area contributed by atoms with Crippen molar-refractivity contribution in [1.82, 2.24) is 5.32 Å². The summed E-state index contributed by atoms with van der Waals surface area (Å²) in [7, 11) is 0. The average Bonchev–Trinajstić information content (AvgIpc) is 2.17. The van der Waals surface area contributed by atoms with Crippen molar-refractivity contribution >= 4 is 5.69 Å². The van der Waals surface area contributed by atoms with Crippen LogP contribution in [0.4, 0.5) is 5.69 Å². The Morgan fingerprint density at radius 1 is 1.38 bits per heavy atom. The van der Waals surface area contributed by atoms with E-state index >= 15 is 0 Å². The molecule has 2 nitrogen and oxygen atoms in total. The number of nitrogens with one attached hydrogen (secondary N) is 2. The molecule has 0 unspecified atom stereocenters. The molecule has 1 heterocycles. The second-order valence-electron chi connectivity index (χ2n) is 5.10. The van der Waals surface area contributed by atoms with Gasteiger partial charge in [-0.05, 0) is 24.0 Å². The Labute approximate surface area is 98.4 Å². The van der Waals surface area contributed by atoms with Crippen molar-refractivity contribution in [2.45, 2.75) is 26.7 Å². The Hall–Kier alpha value is -1.02. The van der Waals surface area contributed by atoms with Gasteiger partial charge in [0.15, 0.2) is 0 Å². The molecule has 0 amide bonds. The van der Waals surface area contributed by atoms with E-state index in [9.17, 15) is 0 Å². The van der Waals surface area contributed by atoms with Gasteiger partial charge in [-0.2, -0.15) is 0 Å². The third-order valence-electron chi connectivity index (χ3n) is 3.36. The minimum atomic E-state index is 0.585. The summed E-state index contributed by atoms with van der Waals surface area (Å²) in [6.45, 7) is 10.1. The van der Waals surface area contributed by atoms with Gasteiger partial charge < -0.3 is 10.6 Å². The second kappa shape index (κ2) is 4.88. The molecule has 1 saturated heterocycles. The first-order chi connectivity index (χ1) is 7.68. The van der Waals surface area contributed by atoms with E-state index in [1.165, 1.54) is 16.8 Å². The molecular weight excluding hydrogens is 196 g/mol. The van der Waals surface area contributed by atoms with Gasteiger partial charge in [0.2, 0.25) is 0 Å². The van der Waals surface area contributed by atoms with Crippen LogP contribution < -0.4 is 10.6 Å². The average molecular weight is 218 g/mol. The van der Waals surface area contributed by atoms with E-state index in [4.69, 9.17) is 0 Å². The van der Waals surface area contributed by atoms with Crippen LogP contribution in [0.1, 0.15) is 30.9 Å². The van der Waals surface area contributed by atoms with E-state index in [2.05, 4.69) is 49.6 Å². The maximum absolute atomic E-state index is 3.62. The first-order valence-electron chi connectivity index (χ1n) is 6.22. The molecule has 0 aliphatic carbocycles. The van der Waals surface area contributed by atoms with Crippen molar-refractivity contribution < 1.29 is 0 Å². The SMILES string of the molecule is Cc1cccc(C(C)C)c1NCC1CNC1. The molecule has 0 bridgehead atoms. The van der Waals surface area contributed by atoms with Gasteiger partial charge in [0.05, 0.1) is 0 Å². The van der Waals surface area contributed by atoms with Gasteiger partial charge in [0.1, 0.15) is 0 Å². The Morgan fingerprint density at radius 2 is 2.12 bits per heavy atom. The maximum atomic E-state index is 3.62. The zero-order valence-corrected chi connectivity index (χ0v) is 10.5. The number of para-hydroxylation sites is 1. The fourth-order valence-corrected chi connectivity index (χ4v) is 2.15. The van der Waals surface area contributed by atoms with Gasteiger partial charge in [-0.15, -0.1) is 0 Å². The fourth-order valence-electron chi connectivity index (χ4n) is 2.15. The first kappa shape index (κ1) is 11.5. The molecule has 1 fully saturated rings. The Bertz CT molecular complexity index is 354. The molecule has 2 heteroatoms. The van der Waals surface area contributed by atoms with Crippen LogP contribution in [0.5, 0.6) is 0 Å². The third kappa shape index (κ3) is 2.38. The highest BCUT2D eigenvalue weighted by Crippen LogP contribution is 2.27. The monoisotopic (exact) mass is 218 g/mol. The molecule has 0 spiro atoms. The molecule has 1 aliphatic heterocycles. The quantitative estimate of drug-likeness (QED) is 0.812. The lowest BCUT2D eigenvalue weighted by atomic mass is 9.97. The van der Waals surface area contributed by atoms with Crippen LogP contribution >= 0.6 is 0 Å². The smallest absolute Gasteiger partial charge is 0.0405 e. The van der Waals surface area contributed by atoms with Crippen molar-refractivity contribution in [2.24, 2.45) is 5.92 Å².